The number of carbonyl (C=O) groups excluding carboxylic acids is 2. The fraction of sp³-hybridized carbons (Fsp3) is 0.0526. The van der Waals surface area contributed by atoms with Crippen molar-refractivity contribution < 1.29 is 13.8 Å². The highest BCUT2D eigenvalue weighted by atomic mass is 79.9. The smallest absolute Gasteiger partial charge is 0.200 e. The van der Waals surface area contributed by atoms with Crippen LogP contribution < -0.4 is 4.18 Å². The number of carbonyl (C=O) groups is 2. The van der Waals surface area contributed by atoms with Crippen LogP contribution in [0.4, 0.5) is 0 Å². The van der Waals surface area contributed by atoms with Gasteiger partial charge in [-0.2, -0.15) is 0 Å². The number of hydrogen-bond donors (Lipinski definition) is 0. The molecule has 0 aromatic heterocycles. The minimum absolute atomic E-state index is 0.237. The van der Waals surface area contributed by atoms with Crippen LogP contribution in [0.25, 0.3) is 0 Å². The van der Waals surface area contributed by atoms with Crippen molar-refractivity contribution in [3.63, 3.8) is 0 Å². The first-order valence-electron chi connectivity index (χ1n) is 7.14. The highest BCUT2D eigenvalue weighted by molar-refractivity contribution is 9.12. The normalized spacial score (nSPS) is 14.2. The molecule has 0 unspecified atom stereocenters. The van der Waals surface area contributed by atoms with Crippen molar-refractivity contribution in [3.8, 4) is 5.75 Å². The van der Waals surface area contributed by atoms with E-state index in [-0.39, 0.29) is 21.6 Å². The number of Topliss-reactive ketones (excluding diaryl/α,β-unsaturated/α-hetero) is 1. The van der Waals surface area contributed by atoms with Gasteiger partial charge in [0.15, 0.2) is 5.78 Å². The average molecular weight is 403 g/mol. The largest absolute Gasteiger partial charge is 0.437 e. The summed E-state index contributed by atoms with van der Waals surface area (Å²) in [5, 5.41) is 0. The Morgan fingerprint density at radius 2 is 1.71 bits per heavy atom. The third-order valence-corrected chi connectivity index (χ3v) is 5.91. The van der Waals surface area contributed by atoms with Gasteiger partial charge in [0.2, 0.25) is 5.78 Å². The van der Waals surface area contributed by atoms with Gasteiger partial charge in [0.1, 0.15) is 5.75 Å². The molecule has 0 saturated carbocycles. The fourth-order valence-corrected chi connectivity index (χ4v) is 4.06. The number of hydrogen-bond acceptors (Lipinski definition) is 3. The van der Waals surface area contributed by atoms with Crippen molar-refractivity contribution in [2.75, 3.05) is 0 Å². The van der Waals surface area contributed by atoms with Gasteiger partial charge in [-0.1, -0.05) is 23.8 Å². The molecule has 0 amide bonds. The molecule has 24 heavy (non-hydrogen) atoms. The van der Waals surface area contributed by atoms with E-state index in [2.05, 4.69) is 27.7 Å². The van der Waals surface area contributed by atoms with Gasteiger partial charge in [-0.3, -0.25) is 9.59 Å². The van der Waals surface area contributed by atoms with Gasteiger partial charge in [0.25, 0.3) is 0 Å². The molecule has 5 heteroatoms. The third kappa shape index (κ3) is 2.97. The van der Waals surface area contributed by atoms with Gasteiger partial charge < -0.3 is 4.18 Å². The predicted molar refractivity (Wildman–Crippen MR) is 104 cm³/mol. The van der Waals surface area contributed by atoms with Gasteiger partial charge in [0, 0.05) is 16.5 Å². The zero-order valence-electron chi connectivity index (χ0n) is 13.0. The van der Waals surface area contributed by atoms with Crippen molar-refractivity contribution in [3.05, 3.63) is 69.7 Å². The van der Waals surface area contributed by atoms with Crippen molar-refractivity contribution in [1.82, 2.24) is 0 Å². The van der Waals surface area contributed by atoms with Crippen molar-refractivity contribution in [2.45, 2.75) is 11.8 Å². The van der Waals surface area contributed by atoms with Crippen LogP contribution in [0.5, 0.6) is 5.75 Å². The number of benzene rings is 2. The summed E-state index contributed by atoms with van der Waals surface area (Å²) in [5.74, 6) is 8.03. The molecule has 2 aromatic carbocycles. The molecule has 0 aliphatic heterocycles. The number of fused-ring (bicyclic) bond motifs is 1. The molecule has 0 radical (unpaired) electrons. The number of rotatable bonds is 3. The Balaban J connectivity index is 2.06. The first kappa shape index (κ1) is 16.7. The van der Waals surface area contributed by atoms with Crippen LogP contribution in [0.15, 0.2) is 57.9 Å². The molecule has 0 atom stereocenters. The lowest BCUT2D eigenvalue weighted by Crippen LogP contribution is -2.15. The zero-order valence-corrected chi connectivity index (χ0v) is 15.4. The van der Waals surface area contributed by atoms with Crippen LogP contribution in [0, 0.1) is 6.92 Å². The Labute approximate surface area is 149 Å². The minimum Gasteiger partial charge on any atom is -0.437 e. The summed E-state index contributed by atoms with van der Waals surface area (Å²) in [5.41, 5.74) is 1.72. The maximum Gasteiger partial charge on any atom is 0.200 e. The van der Waals surface area contributed by atoms with Crippen molar-refractivity contribution in [1.29, 1.82) is 0 Å². The van der Waals surface area contributed by atoms with Gasteiger partial charge in [0.05, 0.1) is 10.0 Å². The van der Waals surface area contributed by atoms with E-state index in [4.69, 9.17) is 4.18 Å². The van der Waals surface area contributed by atoms with E-state index < -0.39 is 9.49 Å². The summed E-state index contributed by atoms with van der Waals surface area (Å²) >= 11 is 3.12. The Morgan fingerprint density at radius 1 is 1.04 bits per heavy atom. The van der Waals surface area contributed by atoms with Crippen molar-refractivity contribution >= 4 is 48.7 Å². The first-order valence-corrected chi connectivity index (χ1v) is 9.83. The van der Waals surface area contributed by atoms with E-state index in [1.165, 1.54) is 6.08 Å². The maximum atomic E-state index is 12.4. The highest BCUT2D eigenvalue weighted by Crippen LogP contribution is 2.39. The standard InChI is InChI=1S/C19H15BrO3S/c1-12-7-9-13(10-8-12)24(2,3)23-17-6-4-5-14-18(17)16(21)11-15(20)19(14)22/h4-11H,2-3H2,1H3. The van der Waals surface area contributed by atoms with E-state index in [0.29, 0.717) is 11.3 Å². The van der Waals surface area contributed by atoms with E-state index in [1.54, 1.807) is 18.2 Å². The second-order valence-corrected chi connectivity index (χ2v) is 8.69. The minimum atomic E-state index is -2.11. The van der Waals surface area contributed by atoms with Crippen LogP contribution in [0.2, 0.25) is 0 Å². The molecule has 3 nitrogen and oxygen atoms in total. The molecular weight excluding hydrogens is 388 g/mol. The molecule has 0 fully saturated rings. The summed E-state index contributed by atoms with van der Waals surface area (Å²) in [6.45, 7) is 2.00. The quantitative estimate of drug-likeness (QED) is 0.700. The van der Waals surface area contributed by atoms with Crippen LogP contribution >= 0.6 is 25.4 Å². The molecule has 3 rings (SSSR count). The van der Waals surface area contributed by atoms with Crippen LogP contribution in [-0.4, -0.2) is 23.3 Å². The van der Waals surface area contributed by atoms with Crippen LogP contribution in [0.1, 0.15) is 26.3 Å². The molecule has 0 bridgehead atoms. The molecule has 0 heterocycles. The van der Waals surface area contributed by atoms with E-state index in [9.17, 15) is 9.59 Å². The summed E-state index contributed by atoms with van der Waals surface area (Å²) in [7, 11) is -2.11. The predicted octanol–water partition coefficient (Wildman–Crippen LogP) is 4.67. The zero-order chi connectivity index (χ0) is 17.5. The number of aryl methyl sites for hydroxylation is 1. The molecule has 1 aliphatic carbocycles. The molecule has 122 valence electrons. The Hall–Kier alpha value is -2.11. The molecule has 1 aliphatic rings. The van der Waals surface area contributed by atoms with Gasteiger partial charge in [-0.15, -0.1) is 0 Å². The number of allylic oxidation sites excluding steroid dienone is 2. The Bertz CT molecular complexity index is 984. The lowest BCUT2D eigenvalue weighted by Gasteiger charge is -2.21. The number of ketones is 2. The fourth-order valence-electron chi connectivity index (χ4n) is 2.43. The van der Waals surface area contributed by atoms with Gasteiger partial charge in [-0.05, 0) is 68.3 Å². The highest BCUT2D eigenvalue weighted by Gasteiger charge is 2.28. The Morgan fingerprint density at radius 3 is 2.38 bits per heavy atom. The SMILES string of the molecule is C=S(=C)(Oc1cccc2c1C(=O)C=C(Br)C2=O)c1ccc(C)cc1. The molecule has 0 saturated heterocycles. The van der Waals surface area contributed by atoms with Crippen molar-refractivity contribution in [2.24, 2.45) is 0 Å². The maximum absolute atomic E-state index is 12.4. The molecular formula is C19H15BrO3S. The lowest BCUT2D eigenvalue weighted by molar-refractivity contribution is 0.0990. The topological polar surface area (TPSA) is 43.4 Å². The Kier molecular flexibility index (Phi) is 4.24. The lowest BCUT2D eigenvalue weighted by atomic mass is 9.94. The molecule has 2 aromatic rings. The van der Waals surface area contributed by atoms with Crippen LogP contribution in [0.3, 0.4) is 0 Å². The van der Waals surface area contributed by atoms with Gasteiger partial charge >= 0.3 is 0 Å². The molecule has 0 N–H and O–H groups in total. The van der Waals surface area contributed by atoms with Crippen LogP contribution in [-0.2, 0) is 0 Å². The molecule has 0 spiro atoms. The summed E-state index contributed by atoms with van der Waals surface area (Å²) < 4.78 is 6.27. The van der Waals surface area contributed by atoms with E-state index >= 15 is 0 Å². The summed E-state index contributed by atoms with van der Waals surface area (Å²) in [6, 6.07) is 12.7. The first-order chi connectivity index (χ1) is 11.3. The number of halogens is 1. The van der Waals surface area contributed by atoms with E-state index in [0.717, 1.165) is 10.5 Å². The van der Waals surface area contributed by atoms with E-state index in [1.807, 2.05) is 31.2 Å². The second kappa shape index (κ2) is 6.07. The summed E-state index contributed by atoms with van der Waals surface area (Å²) in [6.07, 6.45) is 1.27. The average Bonchev–Trinajstić information content (AvgIpc) is 2.52. The third-order valence-electron chi connectivity index (χ3n) is 3.69. The summed E-state index contributed by atoms with van der Waals surface area (Å²) in [4.78, 5) is 25.5. The second-order valence-electron chi connectivity index (χ2n) is 5.57. The van der Waals surface area contributed by atoms with Gasteiger partial charge in [-0.25, -0.2) is 0 Å². The monoisotopic (exact) mass is 402 g/mol.